The number of esters is 1. The second kappa shape index (κ2) is 7.32. The Morgan fingerprint density at radius 3 is 2.09 bits per heavy atom. The zero-order valence-electron chi connectivity index (χ0n) is 13.1. The highest BCUT2D eigenvalue weighted by Gasteiger charge is 2.33. The summed E-state index contributed by atoms with van der Waals surface area (Å²) >= 11 is 1.61. The van der Waals surface area contributed by atoms with E-state index in [0.29, 0.717) is 0 Å². The highest BCUT2D eigenvalue weighted by Crippen LogP contribution is 2.38. The minimum absolute atomic E-state index is 0.240. The fourth-order valence-electron chi connectivity index (χ4n) is 2.19. The van der Waals surface area contributed by atoms with Gasteiger partial charge in [-0.25, -0.2) is 0 Å². The lowest BCUT2D eigenvalue weighted by Gasteiger charge is -2.25. The number of rotatable bonds is 5. The standard InChI is InChI=1S/C19H20O2S/c1-19(2,18(20)21-3)17(15-10-6-4-7-11-15)14-22-16-12-8-5-9-13-16/h4-14H,1-3H3/b17-14+. The first-order chi connectivity index (χ1) is 10.6. The molecular formula is C19H20O2S. The normalized spacial score (nSPS) is 12.0. The summed E-state index contributed by atoms with van der Waals surface area (Å²) in [5, 5.41) is 2.04. The molecule has 0 N–H and O–H groups in total. The summed E-state index contributed by atoms with van der Waals surface area (Å²) in [5.41, 5.74) is 1.27. The maximum atomic E-state index is 12.2. The molecule has 0 radical (unpaired) electrons. The lowest BCUT2D eigenvalue weighted by Crippen LogP contribution is -2.27. The summed E-state index contributed by atoms with van der Waals surface area (Å²) in [6, 6.07) is 20.1. The fourth-order valence-corrected chi connectivity index (χ4v) is 3.18. The van der Waals surface area contributed by atoms with E-state index in [1.54, 1.807) is 11.8 Å². The van der Waals surface area contributed by atoms with Crippen molar-refractivity contribution in [2.45, 2.75) is 18.7 Å². The van der Waals surface area contributed by atoms with Crippen LogP contribution in [-0.2, 0) is 9.53 Å². The van der Waals surface area contributed by atoms with Gasteiger partial charge < -0.3 is 4.74 Å². The topological polar surface area (TPSA) is 26.3 Å². The van der Waals surface area contributed by atoms with Crippen molar-refractivity contribution in [3.05, 3.63) is 71.6 Å². The number of hydrogen-bond acceptors (Lipinski definition) is 3. The Hall–Kier alpha value is -2.00. The smallest absolute Gasteiger partial charge is 0.315 e. The molecule has 2 aromatic rings. The number of thioether (sulfide) groups is 1. The monoisotopic (exact) mass is 312 g/mol. The van der Waals surface area contributed by atoms with Crippen LogP contribution in [0.3, 0.4) is 0 Å². The van der Waals surface area contributed by atoms with Crippen LogP contribution in [0.15, 0.2) is 71.0 Å². The van der Waals surface area contributed by atoms with Gasteiger partial charge in [-0.2, -0.15) is 0 Å². The number of benzene rings is 2. The zero-order valence-corrected chi connectivity index (χ0v) is 13.9. The highest BCUT2D eigenvalue weighted by atomic mass is 32.2. The average molecular weight is 312 g/mol. The molecule has 22 heavy (non-hydrogen) atoms. The van der Waals surface area contributed by atoms with Gasteiger partial charge in [-0.15, -0.1) is 0 Å². The molecule has 0 aliphatic carbocycles. The summed E-state index contributed by atoms with van der Waals surface area (Å²) in [5.74, 6) is -0.240. The summed E-state index contributed by atoms with van der Waals surface area (Å²) < 4.78 is 4.98. The van der Waals surface area contributed by atoms with Crippen LogP contribution in [0.2, 0.25) is 0 Å². The minimum Gasteiger partial charge on any atom is -0.468 e. The number of carbonyl (C=O) groups excluding carboxylic acids is 1. The van der Waals surface area contributed by atoms with Gasteiger partial charge in [0.05, 0.1) is 12.5 Å². The molecular weight excluding hydrogens is 292 g/mol. The van der Waals surface area contributed by atoms with Crippen LogP contribution in [0.1, 0.15) is 19.4 Å². The lowest BCUT2D eigenvalue weighted by atomic mass is 9.81. The SMILES string of the molecule is COC(=O)C(C)(C)/C(=C/Sc1ccccc1)c1ccccc1. The number of hydrogen-bond donors (Lipinski definition) is 0. The molecule has 0 saturated carbocycles. The summed E-state index contributed by atoms with van der Waals surface area (Å²) in [4.78, 5) is 13.3. The maximum Gasteiger partial charge on any atom is 0.315 e. The Morgan fingerprint density at radius 2 is 1.55 bits per heavy atom. The third kappa shape index (κ3) is 3.80. The van der Waals surface area contributed by atoms with Crippen molar-refractivity contribution in [2.24, 2.45) is 5.41 Å². The molecule has 0 fully saturated rings. The van der Waals surface area contributed by atoms with Gasteiger partial charge in [-0.05, 0) is 42.5 Å². The Morgan fingerprint density at radius 1 is 1.00 bits per heavy atom. The summed E-state index contributed by atoms with van der Waals surface area (Å²) in [6.07, 6.45) is 0. The van der Waals surface area contributed by atoms with Gasteiger partial charge in [0.15, 0.2) is 0 Å². The number of ether oxygens (including phenoxy) is 1. The van der Waals surface area contributed by atoms with Gasteiger partial charge in [0.2, 0.25) is 0 Å². The van der Waals surface area contributed by atoms with Crippen LogP contribution >= 0.6 is 11.8 Å². The second-order valence-electron chi connectivity index (χ2n) is 5.45. The number of carbonyl (C=O) groups is 1. The van der Waals surface area contributed by atoms with Crippen molar-refractivity contribution in [3.8, 4) is 0 Å². The van der Waals surface area contributed by atoms with Crippen molar-refractivity contribution in [1.29, 1.82) is 0 Å². The minimum atomic E-state index is -0.710. The molecule has 0 aliphatic heterocycles. The van der Waals surface area contributed by atoms with E-state index in [1.807, 2.05) is 67.8 Å². The van der Waals surface area contributed by atoms with Crippen molar-refractivity contribution in [2.75, 3.05) is 7.11 Å². The van der Waals surface area contributed by atoms with E-state index >= 15 is 0 Å². The van der Waals surface area contributed by atoms with E-state index in [-0.39, 0.29) is 5.97 Å². The Labute approximate surface area is 136 Å². The molecule has 0 bridgehead atoms. The zero-order chi connectivity index (χ0) is 16.0. The van der Waals surface area contributed by atoms with Crippen molar-refractivity contribution in [1.82, 2.24) is 0 Å². The number of methoxy groups -OCH3 is 1. The van der Waals surface area contributed by atoms with Crippen LogP contribution in [0, 0.1) is 5.41 Å². The molecule has 2 aromatic carbocycles. The van der Waals surface area contributed by atoms with Gasteiger partial charge in [-0.1, -0.05) is 60.3 Å². The molecule has 0 amide bonds. The van der Waals surface area contributed by atoms with E-state index in [2.05, 4.69) is 12.1 Å². The second-order valence-corrected chi connectivity index (χ2v) is 6.39. The average Bonchev–Trinajstić information content (AvgIpc) is 2.56. The Balaban J connectivity index is 2.40. The molecule has 0 spiro atoms. The first-order valence-electron chi connectivity index (χ1n) is 7.12. The molecule has 2 rings (SSSR count). The van der Waals surface area contributed by atoms with E-state index in [0.717, 1.165) is 16.0 Å². The van der Waals surface area contributed by atoms with Crippen LogP contribution in [0.5, 0.6) is 0 Å². The van der Waals surface area contributed by atoms with Crippen LogP contribution in [0.25, 0.3) is 5.57 Å². The van der Waals surface area contributed by atoms with E-state index < -0.39 is 5.41 Å². The van der Waals surface area contributed by atoms with Crippen LogP contribution in [-0.4, -0.2) is 13.1 Å². The molecule has 3 heteroatoms. The van der Waals surface area contributed by atoms with Gasteiger partial charge >= 0.3 is 5.97 Å². The fraction of sp³-hybridized carbons (Fsp3) is 0.211. The molecule has 0 aromatic heterocycles. The van der Waals surface area contributed by atoms with Gasteiger partial charge in [0.1, 0.15) is 0 Å². The maximum absolute atomic E-state index is 12.2. The molecule has 0 saturated heterocycles. The summed E-state index contributed by atoms with van der Waals surface area (Å²) in [7, 11) is 1.43. The van der Waals surface area contributed by atoms with Gasteiger partial charge in [0, 0.05) is 4.90 Å². The summed E-state index contributed by atoms with van der Waals surface area (Å²) in [6.45, 7) is 3.78. The van der Waals surface area contributed by atoms with Crippen LogP contribution in [0.4, 0.5) is 0 Å². The first-order valence-corrected chi connectivity index (χ1v) is 8.00. The molecule has 114 valence electrons. The highest BCUT2D eigenvalue weighted by molar-refractivity contribution is 8.02. The van der Waals surface area contributed by atoms with Crippen LogP contribution < -0.4 is 0 Å². The molecule has 0 aliphatic rings. The molecule has 0 atom stereocenters. The van der Waals surface area contributed by atoms with E-state index in [1.165, 1.54) is 7.11 Å². The van der Waals surface area contributed by atoms with E-state index in [9.17, 15) is 4.79 Å². The predicted molar refractivity (Wildman–Crippen MR) is 92.5 cm³/mol. The van der Waals surface area contributed by atoms with Crippen molar-refractivity contribution >= 4 is 23.3 Å². The van der Waals surface area contributed by atoms with Gasteiger partial charge in [-0.3, -0.25) is 4.79 Å². The predicted octanol–water partition coefficient (Wildman–Crippen LogP) is 5.02. The van der Waals surface area contributed by atoms with Crippen molar-refractivity contribution in [3.63, 3.8) is 0 Å². The quantitative estimate of drug-likeness (QED) is 0.573. The molecule has 0 unspecified atom stereocenters. The largest absolute Gasteiger partial charge is 0.468 e. The molecule has 0 heterocycles. The van der Waals surface area contributed by atoms with Gasteiger partial charge in [0.25, 0.3) is 0 Å². The lowest BCUT2D eigenvalue weighted by molar-refractivity contribution is -0.147. The van der Waals surface area contributed by atoms with Crippen molar-refractivity contribution < 1.29 is 9.53 Å². The third-order valence-corrected chi connectivity index (χ3v) is 4.41. The molecule has 2 nitrogen and oxygen atoms in total. The first kappa shape index (κ1) is 16.4. The van der Waals surface area contributed by atoms with E-state index in [4.69, 9.17) is 4.74 Å². The Kier molecular flexibility index (Phi) is 5.45. The Bertz CT molecular complexity index is 646. The third-order valence-electron chi connectivity index (χ3n) is 3.51.